The average Bonchev–Trinajstić information content (AvgIpc) is 3.17. The lowest BCUT2D eigenvalue weighted by molar-refractivity contribution is 0.154. The number of benzene rings is 1. The SMILES string of the molecule is COc1cccc2cc(-c3nc(NCCCN4CCN(C)CC4)ncc3C)sc12. The summed E-state index contributed by atoms with van der Waals surface area (Å²) in [6.45, 7) is 8.72. The molecule has 0 unspecified atom stereocenters. The van der Waals surface area contributed by atoms with Crippen molar-refractivity contribution < 1.29 is 4.74 Å². The Morgan fingerprint density at radius 1 is 1.21 bits per heavy atom. The normalized spacial score (nSPS) is 15.7. The van der Waals surface area contributed by atoms with E-state index in [1.165, 1.54) is 5.39 Å². The van der Waals surface area contributed by atoms with Crippen LogP contribution < -0.4 is 10.1 Å². The molecule has 4 rings (SSSR count). The molecule has 1 aliphatic heterocycles. The van der Waals surface area contributed by atoms with E-state index in [1.54, 1.807) is 18.4 Å². The Hall–Kier alpha value is -2.22. The molecule has 7 heteroatoms. The number of hydrogen-bond donors (Lipinski definition) is 1. The van der Waals surface area contributed by atoms with Crippen LogP contribution >= 0.6 is 11.3 Å². The number of fused-ring (bicyclic) bond motifs is 1. The van der Waals surface area contributed by atoms with Crippen LogP contribution in [0.2, 0.25) is 0 Å². The van der Waals surface area contributed by atoms with Crippen LogP contribution in [0, 0.1) is 6.92 Å². The molecule has 0 radical (unpaired) electrons. The fourth-order valence-electron chi connectivity index (χ4n) is 3.66. The van der Waals surface area contributed by atoms with E-state index in [4.69, 9.17) is 9.72 Å². The van der Waals surface area contributed by atoms with E-state index >= 15 is 0 Å². The molecule has 3 aromatic rings. The summed E-state index contributed by atoms with van der Waals surface area (Å²) in [5.74, 6) is 1.61. The Morgan fingerprint density at radius 3 is 2.83 bits per heavy atom. The Kier molecular flexibility index (Phi) is 6.28. The molecule has 0 amide bonds. The molecular weight excluding hydrogens is 382 g/mol. The van der Waals surface area contributed by atoms with Gasteiger partial charge in [0, 0.05) is 38.9 Å². The largest absolute Gasteiger partial charge is 0.495 e. The first kappa shape index (κ1) is 20.1. The van der Waals surface area contributed by atoms with Crippen LogP contribution in [0.3, 0.4) is 0 Å². The van der Waals surface area contributed by atoms with Gasteiger partial charge in [-0.05, 0) is 50.0 Å². The number of nitrogens with zero attached hydrogens (tertiary/aromatic N) is 4. The zero-order chi connectivity index (χ0) is 20.2. The Balaban J connectivity index is 1.41. The molecule has 29 heavy (non-hydrogen) atoms. The fourth-order valence-corrected chi connectivity index (χ4v) is 4.87. The van der Waals surface area contributed by atoms with E-state index in [0.29, 0.717) is 5.95 Å². The number of likely N-dealkylation sites (N-methyl/N-ethyl adjacent to an activating group) is 1. The highest BCUT2D eigenvalue weighted by molar-refractivity contribution is 7.22. The average molecular weight is 412 g/mol. The quantitative estimate of drug-likeness (QED) is 0.598. The van der Waals surface area contributed by atoms with Crippen molar-refractivity contribution in [3.05, 3.63) is 36.0 Å². The second-order valence-electron chi connectivity index (χ2n) is 7.64. The van der Waals surface area contributed by atoms with Gasteiger partial charge in [0.25, 0.3) is 0 Å². The minimum atomic E-state index is 0.702. The van der Waals surface area contributed by atoms with E-state index in [-0.39, 0.29) is 0 Å². The molecule has 1 saturated heterocycles. The predicted molar refractivity (Wildman–Crippen MR) is 121 cm³/mol. The van der Waals surface area contributed by atoms with Crippen molar-refractivity contribution in [1.29, 1.82) is 0 Å². The summed E-state index contributed by atoms with van der Waals surface area (Å²) in [6, 6.07) is 8.33. The minimum absolute atomic E-state index is 0.702. The van der Waals surface area contributed by atoms with Crippen LogP contribution in [-0.4, -0.2) is 73.2 Å². The van der Waals surface area contributed by atoms with Gasteiger partial charge in [-0.1, -0.05) is 12.1 Å². The molecule has 0 aliphatic carbocycles. The second kappa shape index (κ2) is 9.07. The monoisotopic (exact) mass is 411 g/mol. The van der Waals surface area contributed by atoms with Gasteiger partial charge in [-0.3, -0.25) is 0 Å². The first-order valence-electron chi connectivity index (χ1n) is 10.2. The summed E-state index contributed by atoms with van der Waals surface area (Å²) < 4.78 is 6.67. The van der Waals surface area contributed by atoms with Crippen molar-refractivity contribution in [1.82, 2.24) is 19.8 Å². The number of rotatable bonds is 7. The number of aromatic nitrogens is 2. The van der Waals surface area contributed by atoms with Gasteiger partial charge in [-0.25, -0.2) is 9.97 Å². The third kappa shape index (κ3) is 4.69. The fraction of sp³-hybridized carbons (Fsp3) is 0.455. The van der Waals surface area contributed by atoms with Gasteiger partial charge in [-0.2, -0.15) is 0 Å². The summed E-state index contributed by atoms with van der Waals surface area (Å²) in [5, 5.41) is 4.59. The Morgan fingerprint density at radius 2 is 2.03 bits per heavy atom. The number of thiophene rings is 1. The zero-order valence-corrected chi connectivity index (χ0v) is 18.3. The van der Waals surface area contributed by atoms with Gasteiger partial charge in [0.15, 0.2) is 0 Å². The highest BCUT2D eigenvalue weighted by Crippen LogP contribution is 2.38. The van der Waals surface area contributed by atoms with E-state index in [9.17, 15) is 0 Å². The Bertz CT molecular complexity index is 965. The second-order valence-corrected chi connectivity index (χ2v) is 8.69. The van der Waals surface area contributed by atoms with Crippen LogP contribution in [0.4, 0.5) is 5.95 Å². The van der Waals surface area contributed by atoms with Crippen molar-refractivity contribution in [2.24, 2.45) is 0 Å². The Labute approximate surface area is 176 Å². The summed E-state index contributed by atoms with van der Waals surface area (Å²) in [5.41, 5.74) is 2.07. The van der Waals surface area contributed by atoms with Gasteiger partial charge >= 0.3 is 0 Å². The van der Waals surface area contributed by atoms with Crippen LogP contribution in [0.15, 0.2) is 30.5 Å². The highest BCUT2D eigenvalue weighted by Gasteiger charge is 2.14. The van der Waals surface area contributed by atoms with Crippen molar-refractivity contribution >= 4 is 27.4 Å². The van der Waals surface area contributed by atoms with Crippen molar-refractivity contribution in [3.63, 3.8) is 0 Å². The third-order valence-corrected chi connectivity index (χ3v) is 6.64. The number of piperazine rings is 1. The number of methoxy groups -OCH3 is 1. The molecule has 1 aliphatic rings. The van der Waals surface area contributed by atoms with Crippen LogP contribution in [0.1, 0.15) is 12.0 Å². The van der Waals surface area contributed by atoms with Crippen LogP contribution in [0.5, 0.6) is 5.75 Å². The van der Waals surface area contributed by atoms with E-state index in [2.05, 4.69) is 46.2 Å². The van der Waals surface area contributed by atoms with E-state index < -0.39 is 0 Å². The first-order chi connectivity index (χ1) is 14.1. The molecule has 0 spiro atoms. The molecule has 0 atom stereocenters. The lowest BCUT2D eigenvalue weighted by atomic mass is 10.2. The van der Waals surface area contributed by atoms with Gasteiger partial charge in [0.1, 0.15) is 5.75 Å². The molecule has 1 fully saturated rings. The molecule has 0 saturated carbocycles. The van der Waals surface area contributed by atoms with Crippen LogP contribution in [-0.2, 0) is 0 Å². The third-order valence-electron chi connectivity index (χ3n) is 5.46. The number of ether oxygens (including phenoxy) is 1. The van der Waals surface area contributed by atoms with Crippen LogP contribution in [0.25, 0.3) is 20.7 Å². The summed E-state index contributed by atoms with van der Waals surface area (Å²) in [4.78, 5) is 15.4. The van der Waals surface area contributed by atoms with E-state index in [0.717, 1.165) is 72.3 Å². The standard InChI is InChI=1S/C22H29N5OS/c1-16-15-24-22(23-8-5-9-27-12-10-26(2)11-13-27)25-20(16)19-14-17-6-4-7-18(28-3)21(17)29-19/h4,6-7,14-15H,5,8-13H2,1-3H3,(H,23,24,25). The maximum atomic E-state index is 5.51. The van der Waals surface area contributed by atoms with Crippen molar-refractivity contribution in [2.75, 3.05) is 58.7 Å². The maximum Gasteiger partial charge on any atom is 0.223 e. The maximum absolute atomic E-state index is 5.51. The van der Waals surface area contributed by atoms with Gasteiger partial charge in [0.2, 0.25) is 5.95 Å². The number of hydrogen-bond acceptors (Lipinski definition) is 7. The lowest BCUT2D eigenvalue weighted by Gasteiger charge is -2.32. The van der Waals surface area contributed by atoms with E-state index in [1.807, 2.05) is 18.3 Å². The lowest BCUT2D eigenvalue weighted by Crippen LogP contribution is -2.44. The number of nitrogens with one attached hydrogen (secondary N) is 1. The predicted octanol–water partition coefficient (Wildman–Crippen LogP) is 3.72. The summed E-state index contributed by atoms with van der Waals surface area (Å²) >= 11 is 1.72. The smallest absolute Gasteiger partial charge is 0.223 e. The molecular formula is C22H29N5OS. The number of anilines is 1. The van der Waals surface area contributed by atoms with Gasteiger partial charge in [0.05, 0.1) is 22.4 Å². The summed E-state index contributed by atoms with van der Waals surface area (Å²) in [6.07, 6.45) is 3.00. The number of aryl methyl sites for hydroxylation is 1. The van der Waals surface area contributed by atoms with Gasteiger partial charge < -0.3 is 19.9 Å². The molecule has 0 bridgehead atoms. The molecule has 1 aromatic carbocycles. The van der Waals surface area contributed by atoms with Crippen molar-refractivity contribution in [2.45, 2.75) is 13.3 Å². The zero-order valence-electron chi connectivity index (χ0n) is 17.4. The minimum Gasteiger partial charge on any atom is -0.495 e. The molecule has 3 heterocycles. The topological polar surface area (TPSA) is 53.5 Å². The molecule has 6 nitrogen and oxygen atoms in total. The van der Waals surface area contributed by atoms with Crippen molar-refractivity contribution in [3.8, 4) is 16.3 Å². The summed E-state index contributed by atoms with van der Waals surface area (Å²) in [7, 11) is 3.91. The molecule has 1 N–H and O–H groups in total. The first-order valence-corrected chi connectivity index (χ1v) is 11.0. The van der Waals surface area contributed by atoms with Gasteiger partial charge in [-0.15, -0.1) is 11.3 Å². The molecule has 154 valence electrons. The highest BCUT2D eigenvalue weighted by atomic mass is 32.1. The molecule has 2 aromatic heterocycles.